The van der Waals surface area contributed by atoms with Crippen LogP contribution >= 0.6 is 0 Å². The molecule has 1 aliphatic heterocycles. The predicted molar refractivity (Wildman–Crippen MR) is 78.6 cm³/mol. The van der Waals surface area contributed by atoms with Crippen LogP contribution < -0.4 is 0 Å². The first-order valence-corrected chi connectivity index (χ1v) is 7.14. The number of carbonyl (C=O) groups is 1. The van der Waals surface area contributed by atoms with Crippen molar-refractivity contribution in [2.45, 2.75) is 26.2 Å². The largest absolute Gasteiger partial charge is 0.342 e. The third-order valence-electron chi connectivity index (χ3n) is 3.99. The van der Waals surface area contributed by atoms with Crippen molar-refractivity contribution in [2.24, 2.45) is 7.05 Å². The zero-order chi connectivity index (χ0) is 15.0. The lowest BCUT2D eigenvalue weighted by molar-refractivity contribution is -0.127. The summed E-state index contributed by atoms with van der Waals surface area (Å²) >= 11 is 0. The molecule has 0 saturated carbocycles. The second-order valence-corrected chi connectivity index (χ2v) is 5.52. The second kappa shape index (κ2) is 5.27. The van der Waals surface area contributed by atoms with Gasteiger partial charge in [-0.05, 0) is 25.5 Å². The van der Waals surface area contributed by atoms with Crippen LogP contribution in [0.4, 0.5) is 0 Å². The Morgan fingerprint density at radius 3 is 2.81 bits per heavy atom. The van der Waals surface area contributed by atoms with Crippen LogP contribution in [0.3, 0.4) is 0 Å². The molecule has 2 aromatic heterocycles. The molecule has 0 N–H and O–H groups in total. The van der Waals surface area contributed by atoms with Gasteiger partial charge in [-0.15, -0.1) is 0 Å². The molecule has 1 saturated heterocycles. The average molecular weight is 285 g/mol. The van der Waals surface area contributed by atoms with Gasteiger partial charge in [0.1, 0.15) is 5.82 Å². The standard InChI is InChI=1S/C15H19N5O/c1-10-17-13(12-5-7-20(9-12)11(2)21)8-14(18-10)15-4-6-16-19(15)3/h4,6,8,12H,5,7,9H2,1-3H3/t12-/m0/s1. The van der Waals surface area contributed by atoms with Crippen molar-refractivity contribution in [1.82, 2.24) is 24.6 Å². The molecule has 0 radical (unpaired) electrons. The van der Waals surface area contributed by atoms with E-state index in [9.17, 15) is 4.79 Å². The topological polar surface area (TPSA) is 63.9 Å². The van der Waals surface area contributed by atoms with Gasteiger partial charge in [-0.25, -0.2) is 9.97 Å². The summed E-state index contributed by atoms with van der Waals surface area (Å²) in [5.41, 5.74) is 2.88. The molecule has 1 aliphatic rings. The first-order chi connectivity index (χ1) is 10.0. The summed E-state index contributed by atoms with van der Waals surface area (Å²) in [6.07, 6.45) is 2.72. The van der Waals surface area contributed by atoms with E-state index in [2.05, 4.69) is 15.1 Å². The van der Waals surface area contributed by atoms with E-state index in [0.717, 1.165) is 42.4 Å². The van der Waals surface area contributed by atoms with E-state index in [1.807, 2.05) is 35.7 Å². The van der Waals surface area contributed by atoms with E-state index >= 15 is 0 Å². The number of aromatic nitrogens is 4. The third kappa shape index (κ3) is 2.66. The predicted octanol–water partition coefficient (Wildman–Crippen LogP) is 1.52. The van der Waals surface area contributed by atoms with Gasteiger partial charge >= 0.3 is 0 Å². The van der Waals surface area contributed by atoms with Gasteiger partial charge < -0.3 is 4.90 Å². The molecule has 6 nitrogen and oxygen atoms in total. The summed E-state index contributed by atoms with van der Waals surface area (Å²) in [5, 5.41) is 4.19. The van der Waals surface area contributed by atoms with Crippen LogP contribution in [0.2, 0.25) is 0 Å². The van der Waals surface area contributed by atoms with E-state index in [4.69, 9.17) is 0 Å². The zero-order valence-corrected chi connectivity index (χ0v) is 12.6. The number of hydrogen-bond donors (Lipinski definition) is 0. The molecule has 0 bridgehead atoms. The van der Waals surface area contributed by atoms with Crippen LogP contribution in [-0.4, -0.2) is 43.6 Å². The van der Waals surface area contributed by atoms with Gasteiger partial charge in [0.05, 0.1) is 11.4 Å². The van der Waals surface area contributed by atoms with Crippen LogP contribution in [0.5, 0.6) is 0 Å². The number of hydrogen-bond acceptors (Lipinski definition) is 4. The average Bonchev–Trinajstić information content (AvgIpc) is 3.06. The number of carbonyl (C=O) groups excluding carboxylic acids is 1. The fraction of sp³-hybridized carbons (Fsp3) is 0.467. The van der Waals surface area contributed by atoms with E-state index < -0.39 is 0 Å². The lowest BCUT2D eigenvalue weighted by Crippen LogP contribution is -2.25. The molecule has 1 amide bonds. The summed E-state index contributed by atoms with van der Waals surface area (Å²) in [7, 11) is 1.90. The molecule has 110 valence electrons. The summed E-state index contributed by atoms with van der Waals surface area (Å²) in [5.74, 6) is 1.18. The number of rotatable bonds is 2. The van der Waals surface area contributed by atoms with Gasteiger partial charge in [-0.3, -0.25) is 9.48 Å². The summed E-state index contributed by atoms with van der Waals surface area (Å²) in [4.78, 5) is 22.4. The van der Waals surface area contributed by atoms with Crippen LogP contribution in [0.15, 0.2) is 18.3 Å². The molecule has 6 heteroatoms. The molecule has 21 heavy (non-hydrogen) atoms. The van der Waals surface area contributed by atoms with Crippen molar-refractivity contribution in [2.75, 3.05) is 13.1 Å². The minimum Gasteiger partial charge on any atom is -0.342 e. The number of nitrogens with zero attached hydrogens (tertiary/aromatic N) is 5. The fourth-order valence-electron chi connectivity index (χ4n) is 2.84. The van der Waals surface area contributed by atoms with Gasteiger partial charge in [0, 0.05) is 44.9 Å². The van der Waals surface area contributed by atoms with Crippen molar-refractivity contribution in [1.29, 1.82) is 0 Å². The maximum absolute atomic E-state index is 11.5. The Kier molecular flexibility index (Phi) is 3.45. The van der Waals surface area contributed by atoms with Gasteiger partial charge in [-0.1, -0.05) is 0 Å². The zero-order valence-electron chi connectivity index (χ0n) is 12.6. The highest BCUT2D eigenvalue weighted by Gasteiger charge is 2.27. The Bertz CT molecular complexity index is 678. The first-order valence-electron chi connectivity index (χ1n) is 7.14. The summed E-state index contributed by atoms with van der Waals surface area (Å²) in [6, 6.07) is 3.97. The normalized spacial score (nSPS) is 18.2. The summed E-state index contributed by atoms with van der Waals surface area (Å²) < 4.78 is 1.81. The SMILES string of the molecule is CC(=O)N1CC[C@H](c2cc(-c3ccnn3C)nc(C)n2)C1. The molecule has 0 aliphatic carbocycles. The molecule has 0 spiro atoms. The Hall–Kier alpha value is -2.24. The summed E-state index contributed by atoms with van der Waals surface area (Å²) in [6.45, 7) is 5.08. The minimum atomic E-state index is 0.134. The molecule has 0 unspecified atom stereocenters. The molecule has 0 aromatic carbocycles. The highest BCUT2D eigenvalue weighted by molar-refractivity contribution is 5.73. The van der Waals surface area contributed by atoms with E-state index in [-0.39, 0.29) is 5.91 Å². The van der Waals surface area contributed by atoms with Crippen molar-refractivity contribution < 1.29 is 4.79 Å². The molecule has 3 heterocycles. The number of amides is 1. The molecular weight excluding hydrogens is 266 g/mol. The fourth-order valence-corrected chi connectivity index (χ4v) is 2.84. The molecule has 3 rings (SSSR count). The van der Waals surface area contributed by atoms with Crippen molar-refractivity contribution >= 4 is 5.91 Å². The van der Waals surface area contributed by atoms with Crippen molar-refractivity contribution in [3.63, 3.8) is 0 Å². The smallest absolute Gasteiger partial charge is 0.219 e. The Labute approximate surface area is 123 Å². The number of likely N-dealkylation sites (tertiary alicyclic amines) is 1. The monoisotopic (exact) mass is 285 g/mol. The van der Waals surface area contributed by atoms with Crippen LogP contribution in [0, 0.1) is 6.92 Å². The van der Waals surface area contributed by atoms with E-state index in [1.54, 1.807) is 13.1 Å². The van der Waals surface area contributed by atoms with Crippen molar-refractivity contribution in [3.05, 3.63) is 29.8 Å². The van der Waals surface area contributed by atoms with E-state index in [0.29, 0.717) is 5.92 Å². The molecule has 1 atom stereocenters. The highest BCUT2D eigenvalue weighted by Crippen LogP contribution is 2.28. The lowest BCUT2D eigenvalue weighted by Gasteiger charge is -2.14. The molecular formula is C15H19N5O. The Morgan fingerprint density at radius 1 is 1.38 bits per heavy atom. The highest BCUT2D eigenvalue weighted by atomic mass is 16.2. The van der Waals surface area contributed by atoms with Gasteiger partial charge in [0.25, 0.3) is 0 Å². The lowest BCUT2D eigenvalue weighted by atomic mass is 10.0. The van der Waals surface area contributed by atoms with Gasteiger partial charge in [0.2, 0.25) is 5.91 Å². The Morgan fingerprint density at radius 2 is 2.19 bits per heavy atom. The quantitative estimate of drug-likeness (QED) is 0.839. The van der Waals surface area contributed by atoms with Crippen LogP contribution in [-0.2, 0) is 11.8 Å². The van der Waals surface area contributed by atoms with Gasteiger partial charge in [0.15, 0.2) is 0 Å². The maximum Gasteiger partial charge on any atom is 0.219 e. The third-order valence-corrected chi connectivity index (χ3v) is 3.99. The number of aryl methyl sites for hydroxylation is 2. The minimum absolute atomic E-state index is 0.134. The second-order valence-electron chi connectivity index (χ2n) is 5.52. The van der Waals surface area contributed by atoms with Crippen LogP contribution in [0.25, 0.3) is 11.4 Å². The molecule has 2 aromatic rings. The van der Waals surface area contributed by atoms with Crippen LogP contribution in [0.1, 0.15) is 30.8 Å². The van der Waals surface area contributed by atoms with Crippen molar-refractivity contribution in [3.8, 4) is 11.4 Å². The Balaban J connectivity index is 1.92. The molecule has 1 fully saturated rings. The maximum atomic E-state index is 11.5. The first kappa shape index (κ1) is 13.7. The van der Waals surface area contributed by atoms with Gasteiger partial charge in [-0.2, -0.15) is 5.10 Å². The van der Waals surface area contributed by atoms with E-state index in [1.165, 1.54) is 0 Å².